The van der Waals surface area contributed by atoms with E-state index in [0.717, 1.165) is 6.42 Å². The zero-order chi connectivity index (χ0) is 15.4. The lowest BCUT2D eigenvalue weighted by Gasteiger charge is -2.22. The molecule has 0 saturated heterocycles. The van der Waals surface area contributed by atoms with Gasteiger partial charge >= 0.3 is 0 Å². The molecule has 1 N–H and O–H groups in total. The van der Waals surface area contributed by atoms with Crippen molar-refractivity contribution in [2.24, 2.45) is 5.41 Å². The highest BCUT2D eigenvalue weighted by Crippen LogP contribution is 2.23. The smallest absolute Gasteiger partial charge is 0.240 e. The summed E-state index contributed by atoms with van der Waals surface area (Å²) >= 11 is 6.16. The first-order chi connectivity index (χ1) is 9.14. The first-order valence-corrected chi connectivity index (χ1v) is 8.34. The van der Waals surface area contributed by atoms with E-state index in [0.29, 0.717) is 5.75 Å². The molecule has 1 aromatic carbocycles. The zero-order valence-corrected chi connectivity index (χ0v) is 13.9. The summed E-state index contributed by atoms with van der Waals surface area (Å²) in [5, 5.41) is -0.233. The number of benzene rings is 1. The highest BCUT2D eigenvalue weighted by molar-refractivity contribution is 7.89. The van der Waals surface area contributed by atoms with E-state index >= 15 is 0 Å². The molecule has 114 valence electrons. The molecule has 1 unspecified atom stereocenters. The van der Waals surface area contributed by atoms with Crippen LogP contribution in [0, 0.1) is 5.41 Å². The maximum Gasteiger partial charge on any atom is 0.240 e. The molecule has 1 rings (SSSR count). The van der Waals surface area contributed by atoms with Crippen molar-refractivity contribution in [1.82, 2.24) is 4.72 Å². The fourth-order valence-corrected chi connectivity index (χ4v) is 3.49. The average Bonchev–Trinajstić information content (AvgIpc) is 2.35. The third-order valence-corrected chi connectivity index (χ3v) is 4.45. The van der Waals surface area contributed by atoms with Gasteiger partial charge in [0.1, 0.15) is 5.75 Å². The van der Waals surface area contributed by atoms with Gasteiger partial charge < -0.3 is 4.74 Å². The maximum atomic E-state index is 12.1. The molecular formula is C14H22ClNO3S. The summed E-state index contributed by atoms with van der Waals surface area (Å²) in [6, 6.07) is 6.24. The topological polar surface area (TPSA) is 55.4 Å². The molecule has 6 heteroatoms. The summed E-state index contributed by atoms with van der Waals surface area (Å²) in [5.41, 5.74) is 0.0674. The lowest BCUT2D eigenvalue weighted by molar-refractivity contribution is 0.369. The second-order valence-corrected chi connectivity index (χ2v) is 8.27. The van der Waals surface area contributed by atoms with E-state index in [1.54, 1.807) is 12.1 Å². The Hall–Kier alpha value is -0.780. The Morgan fingerprint density at radius 2 is 1.80 bits per heavy atom. The summed E-state index contributed by atoms with van der Waals surface area (Å²) in [6.07, 6.45) is 0.736. The van der Waals surface area contributed by atoms with E-state index in [1.807, 2.05) is 0 Å². The van der Waals surface area contributed by atoms with Gasteiger partial charge in [0.15, 0.2) is 0 Å². The summed E-state index contributed by atoms with van der Waals surface area (Å²) in [7, 11) is -1.99. The first kappa shape index (κ1) is 17.3. The summed E-state index contributed by atoms with van der Waals surface area (Å²) in [4.78, 5) is 0.206. The Balaban J connectivity index is 2.65. The molecule has 0 bridgehead atoms. The number of ether oxygens (including phenoxy) is 1. The number of alkyl halides is 1. The van der Waals surface area contributed by atoms with Crippen LogP contribution < -0.4 is 9.46 Å². The number of hydrogen-bond donors (Lipinski definition) is 1. The van der Waals surface area contributed by atoms with Crippen molar-refractivity contribution in [3.8, 4) is 5.75 Å². The molecule has 0 fully saturated rings. The van der Waals surface area contributed by atoms with Gasteiger partial charge in [-0.1, -0.05) is 20.8 Å². The van der Waals surface area contributed by atoms with Crippen molar-refractivity contribution >= 4 is 21.6 Å². The van der Waals surface area contributed by atoms with Crippen LogP contribution in [-0.4, -0.2) is 27.4 Å². The van der Waals surface area contributed by atoms with Gasteiger partial charge in [-0.2, -0.15) is 0 Å². The Morgan fingerprint density at radius 1 is 1.25 bits per heavy atom. The van der Waals surface area contributed by atoms with E-state index in [-0.39, 0.29) is 22.2 Å². The molecule has 1 atom stereocenters. The summed E-state index contributed by atoms with van der Waals surface area (Å²) in [5.74, 6) is 0.618. The van der Waals surface area contributed by atoms with E-state index in [4.69, 9.17) is 16.3 Å². The highest BCUT2D eigenvalue weighted by atomic mass is 35.5. The lowest BCUT2D eigenvalue weighted by Crippen LogP contribution is -2.31. The van der Waals surface area contributed by atoms with E-state index in [2.05, 4.69) is 25.5 Å². The second kappa shape index (κ2) is 6.78. The van der Waals surface area contributed by atoms with Gasteiger partial charge in [-0.3, -0.25) is 0 Å². The van der Waals surface area contributed by atoms with Gasteiger partial charge in [0.25, 0.3) is 0 Å². The van der Waals surface area contributed by atoms with Crippen LogP contribution >= 0.6 is 11.6 Å². The van der Waals surface area contributed by atoms with Crippen LogP contribution in [0.2, 0.25) is 0 Å². The number of rotatable bonds is 6. The van der Waals surface area contributed by atoms with Crippen molar-refractivity contribution in [2.45, 2.75) is 37.5 Å². The standard InChI is InChI=1S/C14H22ClNO3S/c1-14(2,3)9-11(15)10-16-20(17,18)13-7-5-12(19-4)6-8-13/h5-8,11,16H,9-10H2,1-4H3. The number of halogens is 1. The number of hydrogen-bond acceptors (Lipinski definition) is 3. The van der Waals surface area contributed by atoms with Gasteiger partial charge in [-0.05, 0) is 36.1 Å². The van der Waals surface area contributed by atoms with Crippen LogP contribution in [0.5, 0.6) is 5.75 Å². The summed E-state index contributed by atoms with van der Waals surface area (Å²) < 4.78 is 31.7. The van der Waals surface area contributed by atoms with Crippen LogP contribution in [0.1, 0.15) is 27.2 Å². The van der Waals surface area contributed by atoms with Crippen molar-refractivity contribution in [3.05, 3.63) is 24.3 Å². The van der Waals surface area contributed by atoms with Crippen molar-refractivity contribution in [2.75, 3.05) is 13.7 Å². The second-order valence-electron chi connectivity index (χ2n) is 5.89. The van der Waals surface area contributed by atoms with Crippen LogP contribution in [0.15, 0.2) is 29.2 Å². The monoisotopic (exact) mass is 319 g/mol. The average molecular weight is 320 g/mol. The van der Waals surface area contributed by atoms with E-state index < -0.39 is 10.0 Å². The Labute approximate surface area is 126 Å². The molecule has 0 aliphatic rings. The van der Waals surface area contributed by atoms with Crippen LogP contribution in [0.4, 0.5) is 0 Å². The summed E-state index contributed by atoms with van der Waals surface area (Å²) in [6.45, 7) is 6.42. The Morgan fingerprint density at radius 3 is 2.25 bits per heavy atom. The van der Waals surface area contributed by atoms with Crippen molar-refractivity contribution in [3.63, 3.8) is 0 Å². The number of sulfonamides is 1. The van der Waals surface area contributed by atoms with Gasteiger partial charge in [0.05, 0.1) is 12.0 Å². The van der Waals surface area contributed by atoms with Crippen LogP contribution in [-0.2, 0) is 10.0 Å². The molecule has 0 aliphatic heterocycles. The molecule has 4 nitrogen and oxygen atoms in total. The van der Waals surface area contributed by atoms with Gasteiger partial charge in [-0.15, -0.1) is 11.6 Å². The minimum absolute atomic E-state index is 0.0674. The maximum absolute atomic E-state index is 12.1. The third-order valence-electron chi connectivity index (χ3n) is 2.70. The fraction of sp³-hybridized carbons (Fsp3) is 0.571. The third kappa shape index (κ3) is 5.69. The minimum atomic E-state index is -3.53. The quantitative estimate of drug-likeness (QED) is 0.820. The molecule has 0 aliphatic carbocycles. The van der Waals surface area contributed by atoms with E-state index in [9.17, 15) is 8.42 Å². The number of methoxy groups -OCH3 is 1. The number of nitrogens with one attached hydrogen (secondary N) is 1. The van der Waals surface area contributed by atoms with Gasteiger partial charge in [-0.25, -0.2) is 13.1 Å². The molecular weight excluding hydrogens is 298 g/mol. The molecule has 20 heavy (non-hydrogen) atoms. The van der Waals surface area contributed by atoms with Crippen LogP contribution in [0.25, 0.3) is 0 Å². The normalized spacial score (nSPS) is 14.1. The van der Waals surface area contributed by atoms with E-state index in [1.165, 1.54) is 19.2 Å². The molecule has 0 aromatic heterocycles. The first-order valence-electron chi connectivity index (χ1n) is 6.42. The molecule has 0 radical (unpaired) electrons. The lowest BCUT2D eigenvalue weighted by atomic mass is 9.90. The largest absolute Gasteiger partial charge is 0.497 e. The van der Waals surface area contributed by atoms with Crippen molar-refractivity contribution in [1.29, 1.82) is 0 Å². The van der Waals surface area contributed by atoms with Crippen LogP contribution in [0.3, 0.4) is 0 Å². The predicted octanol–water partition coefficient (Wildman–Crippen LogP) is 3.02. The molecule has 1 aromatic rings. The SMILES string of the molecule is COc1ccc(S(=O)(=O)NCC(Cl)CC(C)(C)C)cc1. The zero-order valence-electron chi connectivity index (χ0n) is 12.3. The molecule has 0 saturated carbocycles. The molecule has 0 amide bonds. The van der Waals surface area contributed by atoms with Crippen molar-refractivity contribution < 1.29 is 13.2 Å². The Bertz CT molecular complexity index is 520. The molecule has 0 heterocycles. The minimum Gasteiger partial charge on any atom is -0.497 e. The fourth-order valence-electron chi connectivity index (χ4n) is 1.77. The Kier molecular flexibility index (Phi) is 5.86. The van der Waals surface area contributed by atoms with Gasteiger partial charge in [0.2, 0.25) is 10.0 Å². The predicted molar refractivity (Wildman–Crippen MR) is 81.9 cm³/mol. The molecule has 0 spiro atoms. The highest BCUT2D eigenvalue weighted by Gasteiger charge is 2.20. The van der Waals surface area contributed by atoms with Gasteiger partial charge in [0, 0.05) is 11.9 Å².